The highest BCUT2D eigenvalue weighted by atomic mass is 19.3. The largest absolute Gasteiger partial charge is 0.494 e. The fraction of sp³-hybridized carbons (Fsp3) is 0.500. The molecular formula is C14H21F2N3O2. The standard InChI is InChI=1S/C14H21F2N3O2/c1-19(9-13(15)16)7-3-4-14(20)18-11-6-5-10(17)8-12(11)21-2/h5-6,8,13H,3-4,7,9,17H2,1-2H3,(H,18,20). The number of nitrogens with one attached hydrogen (secondary N) is 1. The van der Waals surface area contributed by atoms with Crippen molar-refractivity contribution < 1.29 is 18.3 Å². The van der Waals surface area contributed by atoms with Gasteiger partial charge in [-0.3, -0.25) is 4.79 Å². The van der Waals surface area contributed by atoms with Crippen LogP contribution in [0.25, 0.3) is 0 Å². The number of ether oxygens (including phenoxy) is 1. The molecule has 21 heavy (non-hydrogen) atoms. The van der Waals surface area contributed by atoms with Gasteiger partial charge in [-0.15, -0.1) is 0 Å². The predicted molar refractivity (Wildman–Crippen MR) is 78.8 cm³/mol. The monoisotopic (exact) mass is 301 g/mol. The van der Waals surface area contributed by atoms with Crippen molar-refractivity contribution in [2.45, 2.75) is 19.3 Å². The molecule has 0 aliphatic rings. The van der Waals surface area contributed by atoms with Crippen LogP contribution in [0.4, 0.5) is 20.2 Å². The summed E-state index contributed by atoms with van der Waals surface area (Å²) in [7, 11) is 3.09. The van der Waals surface area contributed by atoms with E-state index in [2.05, 4.69) is 5.32 Å². The smallest absolute Gasteiger partial charge is 0.251 e. The molecule has 1 amide bonds. The Hall–Kier alpha value is -1.89. The number of nitrogen functional groups attached to an aromatic ring is 1. The van der Waals surface area contributed by atoms with E-state index in [-0.39, 0.29) is 18.9 Å². The number of alkyl halides is 2. The first-order chi connectivity index (χ1) is 9.92. The fourth-order valence-corrected chi connectivity index (χ4v) is 1.86. The molecule has 0 spiro atoms. The van der Waals surface area contributed by atoms with Gasteiger partial charge in [0, 0.05) is 18.2 Å². The molecule has 118 valence electrons. The van der Waals surface area contributed by atoms with Crippen molar-refractivity contribution in [1.82, 2.24) is 4.90 Å². The number of rotatable bonds is 8. The summed E-state index contributed by atoms with van der Waals surface area (Å²) in [5.74, 6) is 0.293. The number of hydrogen-bond donors (Lipinski definition) is 2. The second kappa shape index (κ2) is 8.41. The molecule has 1 rings (SSSR count). The van der Waals surface area contributed by atoms with E-state index in [0.717, 1.165) is 0 Å². The molecule has 3 N–H and O–H groups in total. The lowest BCUT2D eigenvalue weighted by atomic mass is 10.2. The van der Waals surface area contributed by atoms with Gasteiger partial charge in [0.25, 0.3) is 6.43 Å². The van der Waals surface area contributed by atoms with E-state index in [1.54, 1.807) is 25.2 Å². The van der Waals surface area contributed by atoms with Gasteiger partial charge >= 0.3 is 0 Å². The molecule has 0 radical (unpaired) electrons. The van der Waals surface area contributed by atoms with Crippen molar-refractivity contribution in [2.24, 2.45) is 0 Å². The summed E-state index contributed by atoms with van der Waals surface area (Å²) in [5.41, 5.74) is 6.71. The highest BCUT2D eigenvalue weighted by Gasteiger charge is 2.10. The van der Waals surface area contributed by atoms with Crippen LogP contribution in [0.5, 0.6) is 5.75 Å². The minimum absolute atomic E-state index is 0.191. The Balaban J connectivity index is 2.40. The third kappa shape index (κ3) is 6.40. The second-order valence-electron chi connectivity index (χ2n) is 4.76. The topological polar surface area (TPSA) is 67.6 Å². The summed E-state index contributed by atoms with van der Waals surface area (Å²) in [5, 5.41) is 2.72. The van der Waals surface area contributed by atoms with Crippen LogP contribution in [-0.4, -0.2) is 44.5 Å². The van der Waals surface area contributed by atoms with Gasteiger partial charge in [-0.1, -0.05) is 0 Å². The van der Waals surface area contributed by atoms with E-state index in [1.165, 1.54) is 12.0 Å². The van der Waals surface area contributed by atoms with Gasteiger partial charge in [0.2, 0.25) is 5.91 Å². The van der Waals surface area contributed by atoms with Gasteiger partial charge in [0.15, 0.2) is 0 Å². The third-order valence-electron chi connectivity index (χ3n) is 2.89. The molecule has 0 saturated heterocycles. The molecule has 1 aromatic carbocycles. The third-order valence-corrected chi connectivity index (χ3v) is 2.89. The number of anilines is 2. The van der Waals surface area contributed by atoms with Gasteiger partial charge < -0.3 is 20.7 Å². The van der Waals surface area contributed by atoms with Crippen LogP contribution in [0.2, 0.25) is 0 Å². The maximum absolute atomic E-state index is 12.1. The Bertz CT molecular complexity index is 470. The number of nitrogens with zero attached hydrogens (tertiary/aromatic N) is 1. The Morgan fingerprint density at radius 2 is 2.19 bits per heavy atom. The molecule has 0 aliphatic heterocycles. The maximum Gasteiger partial charge on any atom is 0.251 e. The lowest BCUT2D eigenvalue weighted by Gasteiger charge is -2.15. The zero-order valence-corrected chi connectivity index (χ0v) is 12.2. The molecule has 0 unspecified atom stereocenters. The first-order valence-corrected chi connectivity index (χ1v) is 6.62. The summed E-state index contributed by atoms with van der Waals surface area (Å²) < 4.78 is 29.4. The summed E-state index contributed by atoms with van der Waals surface area (Å²) >= 11 is 0. The highest BCUT2D eigenvalue weighted by molar-refractivity contribution is 5.92. The number of benzene rings is 1. The van der Waals surface area contributed by atoms with Crippen molar-refractivity contribution >= 4 is 17.3 Å². The highest BCUT2D eigenvalue weighted by Crippen LogP contribution is 2.26. The number of carbonyl (C=O) groups is 1. The molecule has 0 bridgehead atoms. The molecule has 0 aromatic heterocycles. The summed E-state index contributed by atoms with van der Waals surface area (Å²) in [6.07, 6.45) is -1.60. The minimum Gasteiger partial charge on any atom is -0.494 e. The van der Waals surface area contributed by atoms with Crippen LogP contribution >= 0.6 is 0 Å². The molecular weight excluding hydrogens is 280 g/mol. The van der Waals surface area contributed by atoms with Crippen molar-refractivity contribution in [3.63, 3.8) is 0 Å². The Labute approximate surface area is 123 Å². The lowest BCUT2D eigenvalue weighted by molar-refractivity contribution is -0.116. The summed E-state index contributed by atoms with van der Waals surface area (Å²) in [6, 6.07) is 4.94. The molecule has 7 heteroatoms. The first kappa shape index (κ1) is 17.2. The van der Waals surface area contributed by atoms with Crippen molar-refractivity contribution in [3.8, 4) is 5.75 Å². The molecule has 0 aliphatic carbocycles. The Morgan fingerprint density at radius 3 is 2.81 bits per heavy atom. The number of carbonyl (C=O) groups excluding carboxylic acids is 1. The number of hydrogen-bond acceptors (Lipinski definition) is 4. The SMILES string of the molecule is COc1cc(N)ccc1NC(=O)CCCN(C)CC(F)F. The molecule has 1 aromatic rings. The van der Waals surface area contributed by atoms with E-state index in [1.807, 2.05) is 0 Å². The average molecular weight is 301 g/mol. The fourth-order valence-electron chi connectivity index (χ4n) is 1.86. The van der Waals surface area contributed by atoms with Gasteiger partial charge in [0.05, 0.1) is 19.3 Å². The van der Waals surface area contributed by atoms with E-state index < -0.39 is 6.43 Å². The molecule has 0 atom stereocenters. The van der Waals surface area contributed by atoms with Crippen LogP contribution in [0.3, 0.4) is 0 Å². The second-order valence-corrected chi connectivity index (χ2v) is 4.76. The van der Waals surface area contributed by atoms with Crippen LogP contribution < -0.4 is 15.8 Å². The normalized spacial score (nSPS) is 11.0. The Morgan fingerprint density at radius 1 is 1.48 bits per heavy atom. The van der Waals surface area contributed by atoms with Crippen LogP contribution in [-0.2, 0) is 4.79 Å². The predicted octanol–water partition coefficient (Wildman–Crippen LogP) is 2.19. The lowest BCUT2D eigenvalue weighted by Crippen LogP contribution is -2.26. The number of methoxy groups -OCH3 is 1. The number of amides is 1. The van der Waals surface area contributed by atoms with Crippen molar-refractivity contribution in [2.75, 3.05) is 38.3 Å². The van der Waals surface area contributed by atoms with Crippen LogP contribution in [0.15, 0.2) is 18.2 Å². The van der Waals surface area contributed by atoms with Gasteiger partial charge in [-0.05, 0) is 32.1 Å². The van der Waals surface area contributed by atoms with E-state index in [4.69, 9.17) is 10.5 Å². The van der Waals surface area contributed by atoms with Gasteiger partial charge in [0.1, 0.15) is 5.75 Å². The van der Waals surface area contributed by atoms with E-state index in [9.17, 15) is 13.6 Å². The molecule has 0 heterocycles. The quantitative estimate of drug-likeness (QED) is 0.722. The zero-order chi connectivity index (χ0) is 15.8. The minimum atomic E-state index is -2.36. The van der Waals surface area contributed by atoms with Gasteiger partial charge in [-0.25, -0.2) is 8.78 Å². The zero-order valence-electron chi connectivity index (χ0n) is 12.2. The number of nitrogens with two attached hydrogens (primary N) is 1. The number of halogens is 2. The maximum atomic E-state index is 12.1. The molecule has 0 saturated carbocycles. The van der Waals surface area contributed by atoms with E-state index >= 15 is 0 Å². The molecule has 0 fully saturated rings. The van der Waals surface area contributed by atoms with Crippen LogP contribution in [0, 0.1) is 0 Å². The first-order valence-electron chi connectivity index (χ1n) is 6.62. The summed E-state index contributed by atoms with van der Waals surface area (Å²) in [6.45, 7) is 0.157. The molecule has 5 nitrogen and oxygen atoms in total. The van der Waals surface area contributed by atoms with E-state index in [0.29, 0.717) is 30.1 Å². The average Bonchev–Trinajstić information content (AvgIpc) is 2.39. The van der Waals surface area contributed by atoms with Crippen LogP contribution in [0.1, 0.15) is 12.8 Å². The van der Waals surface area contributed by atoms with Crippen molar-refractivity contribution in [3.05, 3.63) is 18.2 Å². The van der Waals surface area contributed by atoms with Gasteiger partial charge in [-0.2, -0.15) is 0 Å². The van der Waals surface area contributed by atoms with Crippen molar-refractivity contribution in [1.29, 1.82) is 0 Å². The summed E-state index contributed by atoms with van der Waals surface area (Å²) in [4.78, 5) is 13.3. The Kier molecular flexibility index (Phi) is 6.87.